The van der Waals surface area contributed by atoms with Crippen LogP contribution in [0.4, 0.5) is 4.79 Å². The number of carbonyl (C=O) groups is 1. The van der Waals surface area contributed by atoms with E-state index < -0.39 is 0 Å². The van der Waals surface area contributed by atoms with Crippen molar-refractivity contribution >= 4 is 29.2 Å². The van der Waals surface area contributed by atoms with E-state index in [1.807, 2.05) is 34.9 Å². The van der Waals surface area contributed by atoms with Crippen molar-refractivity contribution in [3.63, 3.8) is 0 Å². The van der Waals surface area contributed by atoms with E-state index >= 15 is 0 Å². The molecular weight excluding hydrogens is 266 g/mol. The van der Waals surface area contributed by atoms with Gasteiger partial charge >= 0.3 is 6.09 Å². The minimum atomic E-state index is -0.171. The lowest BCUT2D eigenvalue weighted by Gasteiger charge is -2.19. The summed E-state index contributed by atoms with van der Waals surface area (Å²) in [5.74, 6) is 1.12. The second kappa shape index (κ2) is 6.48. The normalized spacial score (nSPS) is 15.1. The molecule has 1 aliphatic heterocycles. The molecule has 100 valence electrons. The number of thioether (sulfide) groups is 1. The van der Waals surface area contributed by atoms with Gasteiger partial charge in [0.1, 0.15) is 0 Å². The lowest BCUT2D eigenvalue weighted by Crippen LogP contribution is -2.33. The maximum atomic E-state index is 11.7. The van der Waals surface area contributed by atoms with E-state index in [9.17, 15) is 4.79 Å². The molecule has 0 aromatic carbocycles. The van der Waals surface area contributed by atoms with Gasteiger partial charge in [-0.15, -0.1) is 23.1 Å². The molecule has 1 aliphatic rings. The molecule has 0 saturated carbocycles. The first-order valence-corrected chi connectivity index (χ1v) is 8.20. The van der Waals surface area contributed by atoms with Gasteiger partial charge in [0.2, 0.25) is 0 Å². The second-order valence-corrected chi connectivity index (χ2v) is 6.83. The van der Waals surface area contributed by atoms with Crippen LogP contribution in [0.3, 0.4) is 0 Å². The molecule has 2 heterocycles. The number of rotatable bonds is 3. The van der Waals surface area contributed by atoms with Gasteiger partial charge in [-0.05, 0) is 37.1 Å². The minimum Gasteiger partial charge on any atom is -0.450 e. The highest BCUT2D eigenvalue weighted by atomic mass is 32.2. The van der Waals surface area contributed by atoms with Gasteiger partial charge in [0, 0.05) is 18.0 Å². The Hall–Kier alpha value is -0.680. The van der Waals surface area contributed by atoms with Gasteiger partial charge in [-0.3, -0.25) is 0 Å². The minimum absolute atomic E-state index is 0.171. The summed E-state index contributed by atoms with van der Waals surface area (Å²) in [6.07, 6.45) is 1.74. The van der Waals surface area contributed by atoms with Gasteiger partial charge in [-0.25, -0.2) is 4.79 Å². The SMILES string of the molecule is CCOC(=O)N1CCc2cc(SCC)sc2CC1. The van der Waals surface area contributed by atoms with Crippen LogP contribution in [0.15, 0.2) is 10.3 Å². The number of amides is 1. The highest BCUT2D eigenvalue weighted by Gasteiger charge is 2.20. The van der Waals surface area contributed by atoms with Gasteiger partial charge < -0.3 is 9.64 Å². The van der Waals surface area contributed by atoms with Gasteiger partial charge in [-0.2, -0.15) is 0 Å². The summed E-state index contributed by atoms with van der Waals surface area (Å²) in [4.78, 5) is 15.0. The maximum absolute atomic E-state index is 11.7. The summed E-state index contributed by atoms with van der Waals surface area (Å²) < 4.78 is 6.47. The first-order chi connectivity index (χ1) is 8.74. The molecule has 0 unspecified atom stereocenters. The van der Waals surface area contributed by atoms with E-state index in [2.05, 4.69) is 13.0 Å². The predicted octanol–water partition coefficient (Wildman–Crippen LogP) is 3.42. The third-order valence-corrected chi connectivity index (χ3v) is 5.27. The Morgan fingerprint density at radius 3 is 2.94 bits per heavy atom. The van der Waals surface area contributed by atoms with Crippen LogP contribution in [0, 0.1) is 0 Å². The fourth-order valence-electron chi connectivity index (χ4n) is 2.08. The van der Waals surface area contributed by atoms with Crippen molar-refractivity contribution in [1.82, 2.24) is 4.90 Å². The summed E-state index contributed by atoms with van der Waals surface area (Å²) in [5.41, 5.74) is 1.42. The summed E-state index contributed by atoms with van der Waals surface area (Å²) in [5, 5.41) is 0. The maximum Gasteiger partial charge on any atom is 0.409 e. The highest BCUT2D eigenvalue weighted by molar-refractivity contribution is 8.01. The van der Waals surface area contributed by atoms with Crippen molar-refractivity contribution in [3.8, 4) is 0 Å². The smallest absolute Gasteiger partial charge is 0.409 e. The number of ether oxygens (including phenoxy) is 1. The first kappa shape index (κ1) is 13.7. The number of thiophene rings is 1. The number of carbonyl (C=O) groups excluding carboxylic acids is 1. The van der Waals surface area contributed by atoms with Crippen LogP contribution in [-0.2, 0) is 17.6 Å². The number of hydrogen-bond acceptors (Lipinski definition) is 4. The number of hydrogen-bond donors (Lipinski definition) is 0. The molecule has 0 radical (unpaired) electrons. The molecular formula is C13H19NO2S2. The molecule has 0 fully saturated rings. The van der Waals surface area contributed by atoms with Gasteiger partial charge in [-0.1, -0.05) is 6.92 Å². The Labute approximate surface area is 117 Å². The zero-order valence-corrected chi connectivity index (χ0v) is 12.5. The monoisotopic (exact) mass is 285 g/mol. The van der Waals surface area contributed by atoms with E-state index in [-0.39, 0.29) is 6.09 Å². The molecule has 0 bridgehead atoms. The van der Waals surface area contributed by atoms with Crippen molar-refractivity contribution < 1.29 is 9.53 Å². The molecule has 1 amide bonds. The topological polar surface area (TPSA) is 29.5 Å². The molecule has 1 aromatic rings. The zero-order valence-electron chi connectivity index (χ0n) is 10.9. The Morgan fingerprint density at radius 2 is 2.22 bits per heavy atom. The van der Waals surface area contributed by atoms with Crippen molar-refractivity contribution in [2.45, 2.75) is 30.9 Å². The van der Waals surface area contributed by atoms with Crippen LogP contribution in [0.1, 0.15) is 24.3 Å². The molecule has 0 N–H and O–H groups in total. The molecule has 0 atom stereocenters. The standard InChI is InChI=1S/C13H19NO2S2/c1-3-16-13(15)14-7-5-10-9-12(17-4-2)18-11(10)6-8-14/h9H,3-8H2,1-2H3. The molecule has 0 aliphatic carbocycles. The van der Waals surface area contributed by atoms with Crippen LogP contribution in [-0.4, -0.2) is 36.4 Å². The Balaban J connectivity index is 2.00. The lowest BCUT2D eigenvalue weighted by atomic mass is 10.2. The van der Waals surface area contributed by atoms with Crippen LogP contribution in [0.5, 0.6) is 0 Å². The fourth-order valence-corrected chi connectivity index (χ4v) is 4.41. The summed E-state index contributed by atoms with van der Waals surface area (Å²) in [6, 6.07) is 2.29. The van der Waals surface area contributed by atoms with Gasteiger partial charge in [0.15, 0.2) is 0 Å². The lowest BCUT2D eigenvalue weighted by molar-refractivity contribution is 0.109. The molecule has 2 rings (SSSR count). The molecule has 3 nitrogen and oxygen atoms in total. The van der Waals surface area contributed by atoms with E-state index in [4.69, 9.17) is 4.74 Å². The summed E-state index contributed by atoms with van der Waals surface area (Å²) in [7, 11) is 0. The van der Waals surface area contributed by atoms with E-state index in [0.717, 1.165) is 31.7 Å². The summed E-state index contributed by atoms with van der Waals surface area (Å²) in [6.45, 7) is 6.04. The Morgan fingerprint density at radius 1 is 1.44 bits per heavy atom. The molecule has 18 heavy (non-hydrogen) atoms. The van der Waals surface area contributed by atoms with Crippen molar-refractivity contribution in [2.75, 3.05) is 25.4 Å². The second-order valence-electron chi connectivity index (χ2n) is 4.13. The van der Waals surface area contributed by atoms with Crippen LogP contribution < -0.4 is 0 Å². The third kappa shape index (κ3) is 3.20. The molecule has 0 saturated heterocycles. The Kier molecular flexibility index (Phi) is 4.95. The summed E-state index contributed by atoms with van der Waals surface area (Å²) >= 11 is 3.79. The van der Waals surface area contributed by atoms with Gasteiger partial charge in [0.25, 0.3) is 0 Å². The fraction of sp³-hybridized carbons (Fsp3) is 0.615. The number of nitrogens with zero attached hydrogens (tertiary/aromatic N) is 1. The van der Waals surface area contributed by atoms with Crippen molar-refractivity contribution in [1.29, 1.82) is 0 Å². The molecule has 5 heteroatoms. The van der Waals surface area contributed by atoms with Crippen molar-refractivity contribution in [3.05, 3.63) is 16.5 Å². The van der Waals surface area contributed by atoms with Crippen molar-refractivity contribution in [2.24, 2.45) is 0 Å². The molecule has 1 aromatic heterocycles. The van der Waals surface area contributed by atoms with Crippen LogP contribution >= 0.6 is 23.1 Å². The average molecular weight is 285 g/mol. The average Bonchev–Trinajstić information content (AvgIpc) is 2.62. The third-order valence-electron chi connectivity index (χ3n) is 2.95. The van der Waals surface area contributed by atoms with Gasteiger partial charge in [0.05, 0.1) is 10.8 Å². The Bertz CT molecular complexity index is 392. The van der Waals surface area contributed by atoms with Crippen LogP contribution in [0.2, 0.25) is 0 Å². The van der Waals surface area contributed by atoms with E-state index in [0.29, 0.717) is 6.61 Å². The largest absolute Gasteiger partial charge is 0.450 e. The quantitative estimate of drug-likeness (QED) is 0.797. The first-order valence-electron chi connectivity index (χ1n) is 6.40. The van der Waals surface area contributed by atoms with E-state index in [1.165, 1.54) is 14.6 Å². The van der Waals surface area contributed by atoms with E-state index in [1.54, 1.807) is 0 Å². The molecule has 0 spiro atoms. The zero-order chi connectivity index (χ0) is 13.0. The van der Waals surface area contributed by atoms with Crippen LogP contribution in [0.25, 0.3) is 0 Å². The highest BCUT2D eigenvalue weighted by Crippen LogP contribution is 2.32. The predicted molar refractivity (Wildman–Crippen MR) is 76.7 cm³/mol. The number of fused-ring (bicyclic) bond motifs is 1.